The van der Waals surface area contributed by atoms with Crippen LogP contribution in [0.3, 0.4) is 0 Å². The largest absolute Gasteiger partial charge is 0.456 e. The van der Waals surface area contributed by atoms with Gasteiger partial charge in [0.05, 0.1) is 6.20 Å². The van der Waals surface area contributed by atoms with E-state index in [9.17, 15) is 0 Å². The summed E-state index contributed by atoms with van der Waals surface area (Å²) in [5, 5.41) is 0. The van der Waals surface area contributed by atoms with Crippen molar-refractivity contribution in [2.24, 2.45) is 5.73 Å². The molecule has 0 bridgehead atoms. The van der Waals surface area contributed by atoms with Gasteiger partial charge in [0.15, 0.2) is 0 Å². The normalized spacial score (nSPS) is 12.2. The summed E-state index contributed by atoms with van der Waals surface area (Å²) in [4.78, 5) is 4.04. The third-order valence-corrected chi connectivity index (χ3v) is 2.73. The van der Waals surface area contributed by atoms with Gasteiger partial charge in [0, 0.05) is 16.7 Å². The monoisotopic (exact) mass is 292 g/mol. The predicted octanol–water partition coefficient (Wildman–Crippen LogP) is 3.66. The van der Waals surface area contributed by atoms with Crippen LogP contribution in [0.2, 0.25) is 0 Å². The molecule has 1 aromatic heterocycles. The molecular weight excluding hydrogens is 280 g/mol. The molecule has 17 heavy (non-hydrogen) atoms. The van der Waals surface area contributed by atoms with Crippen LogP contribution in [0.4, 0.5) is 0 Å². The van der Waals surface area contributed by atoms with Crippen LogP contribution in [0.5, 0.6) is 11.5 Å². The molecule has 1 atom stereocenters. The summed E-state index contributed by atoms with van der Waals surface area (Å²) in [6, 6.07) is 9.61. The maximum absolute atomic E-state index is 5.82. The van der Waals surface area contributed by atoms with Crippen LogP contribution in [-0.2, 0) is 0 Å². The van der Waals surface area contributed by atoms with Crippen LogP contribution in [-0.4, -0.2) is 4.98 Å². The molecule has 0 radical (unpaired) electrons. The van der Waals surface area contributed by atoms with E-state index in [-0.39, 0.29) is 6.04 Å². The third-order valence-electron chi connectivity index (χ3n) is 2.30. The lowest BCUT2D eigenvalue weighted by atomic mass is 10.1. The number of rotatable bonds is 3. The van der Waals surface area contributed by atoms with Gasteiger partial charge in [-0.2, -0.15) is 0 Å². The second kappa shape index (κ2) is 5.29. The summed E-state index contributed by atoms with van der Waals surface area (Å²) in [5.74, 6) is 1.46. The Morgan fingerprint density at radius 1 is 1.24 bits per heavy atom. The van der Waals surface area contributed by atoms with E-state index in [2.05, 4.69) is 20.9 Å². The first-order valence-corrected chi connectivity index (χ1v) is 6.08. The molecule has 88 valence electrons. The first-order valence-electron chi connectivity index (χ1n) is 5.29. The van der Waals surface area contributed by atoms with Gasteiger partial charge in [0.25, 0.3) is 0 Å². The van der Waals surface area contributed by atoms with E-state index < -0.39 is 0 Å². The Labute approximate surface area is 109 Å². The van der Waals surface area contributed by atoms with Gasteiger partial charge in [0.1, 0.15) is 11.5 Å². The van der Waals surface area contributed by atoms with Gasteiger partial charge in [-0.25, -0.2) is 0 Å². The summed E-state index contributed by atoms with van der Waals surface area (Å²) >= 11 is 3.35. The van der Waals surface area contributed by atoms with E-state index in [4.69, 9.17) is 10.5 Å². The molecule has 0 aliphatic carbocycles. The summed E-state index contributed by atoms with van der Waals surface area (Å²) in [6.07, 6.45) is 3.38. The molecule has 1 heterocycles. The molecule has 0 fully saturated rings. The fourth-order valence-corrected chi connectivity index (χ4v) is 1.79. The number of hydrogen-bond donors (Lipinski definition) is 1. The number of aromatic nitrogens is 1. The summed E-state index contributed by atoms with van der Waals surface area (Å²) in [6.45, 7) is 1.94. The zero-order valence-corrected chi connectivity index (χ0v) is 11.0. The van der Waals surface area contributed by atoms with Gasteiger partial charge >= 0.3 is 0 Å². The number of benzene rings is 1. The second-order valence-corrected chi connectivity index (χ2v) is 4.72. The Kier molecular flexibility index (Phi) is 3.76. The zero-order chi connectivity index (χ0) is 12.3. The summed E-state index contributed by atoms with van der Waals surface area (Å²) in [5.41, 5.74) is 6.87. The number of nitrogens with zero attached hydrogens (tertiary/aromatic N) is 1. The third kappa shape index (κ3) is 3.28. The molecule has 0 aliphatic heterocycles. The lowest BCUT2D eigenvalue weighted by molar-refractivity contribution is 0.478. The highest BCUT2D eigenvalue weighted by atomic mass is 79.9. The Morgan fingerprint density at radius 2 is 2.06 bits per heavy atom. The highest BCUT2D eigenvalue weighted by molar-refractivity contribution is 9.10. The SMILES string of the molecule is CC(N)c1cccc(Oc2cncc(Br)c2)c1. The maximum Gasteiger partial charge on any atom is 0.146 e. The molecule has 3 nitrogen and oxygen atoms in total. The Hall–Kier alpha value is -1.39. The number of halogens is 1. The highest BCUT2D eigenvalue weighted by Crippen LogP contribution is 2.25. The Morgan fingerprint density at radius 3 is 2.76 bits per heavy atom. The summed E-state index contributed by atoms with van der Waals surface area (Å²) < 4.78 is 6.59. The number of hydrogen-bond acceptors (Lipinski definition) is 3. The first-order chi connectivity index (χ1) is 8.15. The molecule has 2 aromatic rings. The zero-order valence-electron chi connectivity index (χ0n) is 9.43. The van der Waals surface area contributed by atoms with Crippen molar-refractivity contribution in [3.63, 3.8) is 0 Å². The number of pyridine rings is 1. The maximum atomic E-state index is 5.82. The van der Waals surface area contributed by atoms with E-state index in [1.807, 2.05) is 37.3 Å². The fraction of sp³-hybridized carbons (Fsp3) is 0.154. The van der Waals surface area contributed by atoms with Crippen LogP contribution >= 0.6 is 15.9 Å². The second-order valence-electron chi connectivity index (χ2n) is 3.80. The van der Waals surface area contributed by atoms with Crippen LogP contribution in [0.15, 0.2) is 47.2 Å². The van der Waals surface area contributed by atoms with Crippen molar-refractivity contribution in [1.82, 2.24) is 4.98 Å². The van der Waals surface area contributed by atoms with Crippen molar-refractivity contribution in [3.05, 3.63) is 52.8 Å². The van der Waals surface area contributed by atoms with Crippen molar-refractivity contribution in [3.8, 4) is 11.5 Å². The topological polar surface area (TPSA) is 48.1 Å². The molecule has 2 rings (SSSR count). The molecule has 0 amide bonds. The Balaban J connectivity index is 2.21. The van der Waals surface area contributed by atoms with Crippen molar-refractivity contribution >= 4 is 15.9 Å². The van der Waals surface area contributed by atoms with Gasteiger partial charge in [-0.05, 0) is 46.6 Å². The van der Waals surface area contributed by atoms with Gasteiger partial charge in [-0.15, -0.1) is 0 Å². The van der Waals surface area contributed by atoms with Crippen LogP contribution in [0.25, 0.3) is 0 Å². The van der Waals surface area contributed by atoms with Crippen molar-refractivity contribution in [2.75, 3.05) is 0 Å². The van der Waals surface area contributed by atoms with Crippen LogP contribution in [0.1, 0.15) is 18.5 Å². The molecule has 4 heteroatoms. The van der Waals surface area contributed by atoms with E-state index in [1.165, 1.54) is 0 Å². The minimum absolute atomic E-state index is 0.000755. The lowest BCUT2D eigenvalue weighted by Gasteiger charge is -2.09. The van der Waals surface area contributed by atoms with E-state index in [1.54, 1.807) is 12.4 Å². The van der Waals surface area contributed by atoms with Gasteiger partial charge in [0.2, 0.25) is 0 Å². The lowest BCUT2D eigenvalue weighted by Crippen LogP contribution is -2.04. The average Bonchev–Trinajstić information content (AvgIpc) is 2.29. The first kappa shape index (κ1) is 12.1. The smallest absolute Gasteiger partial charge is 0.146 e. The van der Waals surface area contributed by atoms with Gasteiger partial charge in [-0.1, -0.05) is 12.1 Å². The number of nitrogens with two attached hydrogens (primary N) is 1. The molecule has 0 aliphatic rings. The average molecular weight is 293 g/mol. The Bertz CT molecular complexity index is 514. The molecule has 0 saturated carbocycles. The van der Waals surface area contributed by atoms with Crippen LogP contribution in [0, 0.1) is 0 Å². The molecule has 0 saturated heterocycles. The van der Waals surface area contributed by atoms with E-state index in [0.29, 0.717) is 5.75 Å². The number of ether oxygens (including phenoxy) is 1. The molecule has 1 unspecified atom stereocenters. The van der Waals surface area contributed by atoms with E-state index in [0.717, 1.165) is 15.8 Å². The fourth-order valence-electron chi connectivity index (χ4n) is 1.45. The van der Waals surface area contributed by atoms with E-state index >= 15 is 0 Å². The van der Waals surface area contributed by atoms with Gasteiger partial charge < -0.3 is 10.5 Å². The molecule has 1 aromatic carbocycles. The van der Waals surface area contributed by atoms with Gasteiger partial charge in [-0.3, -0.25) is 4.98 Å². The molecular formula is C13H13BrN2O. The van der Waals surface area contributed by atoms with Crippen molar-refractivity contribution < 1.29 is 4.74 Å². The standard InChI is InChI=1S/C13H13BrN2O/c1-9(15)10-3-2-4-12(5-10)17-13-6-11(14)7-16-8-13/h2-9H,15H2,1H3. The molecule has 0 spiro atoms. The minimum Gasteiger partial charge on any atom is -0.456 e. The quantitative estimate of drug-likeness (QED) is 0.939. The van der Waals surface area contributed by atoms with Crippen molar-refractivity contribution in [1.29, 1.82) is 0 Å². The highest BCUT2D eigenvalue weighted by Gasteiger charge is 2.02. The predicted molar refractivity (Wildman–Crippen MR) is 71.1 cm³/mol. The minimum atomic E-state index is -0.000755. The summed E-state index contributed by atoms with van der Waals surface area (Å²) in [7, 11) is 0. The van der Waals surface area contributed by atoms with Crippen molar-refractivity contribution in [2.45, 2.75) is 13.0 Å². The molecule has 2 N–H and O–H groups in total. The van der Waals surface area contributed by atoms with Crippen LogP contribution < -0.4 is 10.5 Å².